The highest BCUT2D eigenvalue weighted by molar-refractivity contribution is 5.79. The lowest BCUT2D eigenvalue weighted by Crippen LogP contribution is -2.04. The average Bonchev–Trinajstić information content (AvgIpc) is 3.16. The fraction of sp³-hybridized carbons (Fsp3) is 0.188. The van der Waals surface area contributed by atoms with Crippen LogP contribution in [0.25, 0.3) is 11.3 Å². The van der Waals surface area contributed by atoms with Crippen molar-refractivity contribution in [2.24, 2.45) is 0 Å². The molecular formula is C16H15N5. The summed E-state index contributed by atoms with van der Waals surface area (Å²) in [4.78, 5) is 4.31. The molecule has 0 saturated heterocycles. The SMILES string of the molecule is c1cnnc(Cn2cncc2-c2cccc3c2NCC3)c1. The fourth-order valence-electron chi connectivity index (χ4n) is 2.82. The van der Waals surface area contributed by atoms with Gasteiger partial charge in [-0.3, -0.25) is 0 Å². The summed E-state index contributed by atoms with van der Waals surface area (Å²) < 4.78 is 2.11. The number of rotatable bonds is 3. The third-order valence-corrected chi connectivity index (χ3v) is 3.79. The van der Waals surface area contributed by atoms with Crippen LogP contribution < -0.4 is 5.32 Å². The van der Waals surface area contributed by atoms with Crippen molar-refractivity contribution in [3.05, 3.63) is 60.3 Å². The van der Waals surface area contributed by atoms with Crippen molar-refractivity contribution in [2.75, 3.05) is 11.9 Å². The molecule has 1 aliphatic heterocycles. The Bertz CT molecular complexity index is 763. The van der Waals surface area contributed by atoms with Gasteiger partial charge in [0.05, 0.1) is 30.5 Å². The minimum atomic E-state index is 0.673. The second kappa shape index (κ2) is 5.01. The normalized spacial score (nSPS) is 13.0. The number of hydrogen-bond acceptors (Lipinski definition) is 4. The molecule has 2 aromatic heterocycles. The maximum atomic E-state index is 4.31. The highest BCUT2D eigenvalue weighted by Crippen LogP contribution is 2.34. The van der Waals surface area contributed by atoms with Crippen LogP contribution >= 0.6 is 0 Å². The summed E-state index contributed by atoms with van der Waals surface area (Å²) in [6.07, 6.45) is 6.53. The largest absolute Gasteiger partial charge is 0.384 e. The Morgan fingerprint density at radius 2 is 2.19 bits per heavy atom. The zero-order valence-corrected chi connectivity index (χ0v) is 11.5. The Hall–Kier alpha value is -2.69. The minimum absolute atomic E-state index is 0.673. The standard InChI is InChI=1S/C16H15N5/c1-3-12-6-8-18-16(12)14(5-1)15-9-17-11-21(15)10-13-4-2-7-19-20-13/h1-5,7,9,11,18H,6,8,10H2. The molecule has 4 rings (SSSR count). The number of nitrogens with zero attached hydrogens (tertiary/aromatic N) is 4. The second-order valence-corrected chi connectivity index (χ2v) is 5.14. The first kappa shape index (κ1) is 12.1. The number of nitrogens with one attached hydrogen (secondary N) is 1. The van der Waals surface area contributed by atoms with E-state index in [2.05, 4.69) is 43.3 Å². The van der Waals surface area contributed by atoms with E-state index in [4.69, 9.17) is 0 Å². The Kier molecular flexibility index (Phi) is 2.88. The third kappa shape index (κ3) is 2.16. The minimum Gasteiger partial charge on any atom is -0.384 e. The molecule has 0 amide bonds. The second-order valence-electron chi connectivity index (χ2n) is 5.14. The summed E-state index contributed by atoms with van der Waals surface area (Å²) in [5, 5.41) is 11.6. The van der Waals surface area contributed by atoms with Gasteiger partial charge in [0, 0.05) is 24.0 Å². The molecule has 1 N–H and O–H groups in total. The van der Waals surface area contributed by atoms with Crippen LogP contribution in [0.4, 0.5) is 5.69 Å². The predicted molar refractivity (Wildman–Crippen MR) is 81.0 cm³/mol. The molecule has 3 aromatic rings. The maximum absolute atomic E-state index is 4.31. The van der Waals surface area contributed by atoms with Gasteiger partial charge in [0.2, 0.25) is 0 Å². The van der Waals surface area contributed by atoms with E-state index in [0.717, 1.165) is 24.4 Å². The van der Waals surface area contributed by atoms with Crippen LogP contribution in [0.1, 0.15) is 11.3 Å². The Labute approximate surface area is 122 Å². The third-order valence-electron chi connectivity index (χ3n) is 3.79. The van der Waals surface area contributed by atoms with Gasteiger partial charge >= 0.3 is 0 Å². The molecule has 0 saturated carbocycles. The summed E-state index contributed by atoms with van der Waals surface area (Å²) >= 11 is 0. The predicted octanol–water partition coefficient (Wildman–Crippen LogP) is 2.36. The molecule has 1 aliphatic rings. The van der Waals surface area contributed by atoms with Gasteiger partial charge in [-0.25, -0.2) is 4.98 Å². The van der Waals surface area contributed by atoms with Crippen molar-refractivity contribution >= 4 is 5.69 Å². The lowest BCUT2D eigenvalue weighted by atomic mass is 10.1. The molecule has 1 aromatic carbocycles. The van der Waals surface area contributed by atoms with E-state index in [9.17, 15) is 0 Å². The molecule has 0 atom stereocenters. The first-order valence-electron chi connectivity index (χ1n) is 7.04. The zero-order valence-electron chi connectivity index (χ0n) is 11.5. The highest BCUT2D eigenvalue weighted by atomic mass is 15.1. The monoisotopic (exact) mass is 277 g/mol. The van der Waals surface area contributed by atoms with Crippen LogP contribution in [0.5, 0.6) is 0 Å². The van der Waals surface area contributed by atoms with Crippen molar-refractivity contribution in [2.45, 2.75) is 13.0 Å². The van der Waals surface area contributed by atoms with E-state index >= 15 is 0 Å². The number of imidazole rings is 1. The summed E-state index contributed by atoms with van der Waals surface area (Å²) in [6, 6.07) is 10.3. The van der Waals surface area contributed by atoms with Gasteiger partial charge in [-0.1, -0.05) is 18.2 Å². The van der Waals surface area contributed by atoms with E-state index in [1.165, 1.54) is 16.8 Å². The van der Waals surface area contributed by atoms with Crippen molar-refractivity contribution in [1.82, 2.24) is 19.7 Å². The van der Waals surface area contributed by atoms with E-state index in [-0.39, 0.29) is 0 Å². The Morgan fingerprint density at radius 1 is 1.19 bits per heavy atom. The number of aromatic nitrogens is 4. The topological polar surface area (TPSA) is 55.6 Å². The van der Waals surface area contributed by atoms with Crippen molar-refractivity contribution in [3.63, 3.8) is 0 Å². The molecular weight excluding hydrogens is 262 g/mol. The van der Waals surface area contributed by atoms with Gasteiger partial charge in [-0.15, -0.1) is 0 Å². The van der Waals surface area contributed by atoms with Crippen LogP contribution in [-0.4, -0.2) is 26.3 Å². The Balaban J connectivity index is 1.75. The van der Waals surface area contributed by atoms with Gasteiger partial charge in [0.25, 0.3) is 0 Å². The number of fused-ring (bicyclic) bond motifs is 1. The van der Waals surface area contributed by atoms with Gasteiger partial charge in [-0.05, 0) is 24.1 Å². The quantitative estimate of drug-likeness (QED) is 0.798. The first-order chi connectivity index (χ1) is 10.4. The number of hydrogen-bond donors (Lipinski definition) is 1. The fourth-order valence-corrected chi connectivity index (χ4v) is 2.82. The van der Waals surface area contributed by atoms with Crippen LogP contribution in [0, 0.1) is 0 Å². The lowest BCUT2D eigenvalue weighted by Gasteiger charge is -2.11. The van der Waals surface area contributed by atoms with Gasteiger partial charge < -0.3 is 9.88 Å². The molecule has 0 fully saturated rings. The lowest BCUT2D eigenvalue weighted by molar-refractivity contribution is 0.758. The first-order valence-corrected chi connectivity index (χ1v) is 7.04. The van der Waals surface area contributed by atoms with Crippen LogP contribution in [0.2, 0.25) is 0 Å². The molecule has 21 heavy (non-hydrogen) atoms. The molecule has 104 valence electrons. The van der Waals surface area contributed by atoms with E-state index in [1.54, 1.807) is 6.20 Å². The average molecular weight is 277 g/mol. The van der Waals surface area contributed by atoms with Gasteiger partial charge in [0.15, 0.2) is 0 Å². The van der Waals surface area contributed by atoms with Crippen molar-refractivity contribution < 1.29 is 0 Å². The Morgan fingerprint density at radius 3 is 3.10 bits per heavy atom. The van der Waals surface area contributed by atoms with Crippen LogP contribution in [0.15, 0.2) is 49.1 Å². The zero-order chi connectivity index (χ0) is 14.1. The molecule has 3 heterocycles. The van der Waals surface area contributed by atoms with Gasteiger partial charge in [0.1, 0.15) is 0 Å². The highest BCUT2D eigenvalue weighted by Gasteiger charge is 2.17. The molecule has 0 unspecified atom stereocenters. The van der Waals surface area contributed by atoms with E-state index in [0.29, 0.717) is 6.54 Å². The summed E-state index contributed by atoms with van der Waals surface area (Å²) in [5.74, 6) is 0. The molecule has 0 radical (unpaired) electrons. The molecule has 5 nitrogen and oxygen atoms in total. The van der Waals surface area contributed by atoms with Crippen molar-refractivity contribution in [1.29, 1.82) is 0 Å². The summed E-state index contributed by atoms with van der Waals surface area (Å²) in [6.45, 7) is 1.68. The molecule has 0 aliphatic carbocycles. The number of para-hydroxylation sites is 1. The molecule has 0 bridgehead atoms. The maximum Gasteiger partial charge on any atom is 0.0954 e. The summed E-state index contributed by atoms with van der Waals surface area (Å²) in [7, 11) is 0. The van der Waals surface area contributed by atoms with Crippen LogP contribution in [0.3, 0.4) is 0 Å². The summed E-state index contributed by atoms with van der Waals surface area (Å²) in [5.41, 5.74) is 5.84. The number of anilines is 1. The van der Waals surface area contributed by atoms with E-state index < -0.39 is 0 Å². The van der Waals surface area contributed by atoms with E-state index in [1.807, 2.05) is 24.7 Å². The van der Waals surface area contributed by atoms with Crippen molar-refractivity contribution in [3.8, 4) is 11.3 Å². The molecule has 0 spiro atoms. The molecule has 5 heteroatoms. The van der Waals surface area contributed by atoms with Gasteiger partial charge in [-0.2, -0.15) is 10.2 Å². The number of benzene rings is 1. The van der Waals surface area contributed by atoms with Crippen LogP contribution in [-0.2, 0) is 13.0 Å². The smallest absolute Gasteiger partial charge is 0.0954 e.